The lowest BCUT2D eigenvalue weighted by Crippen LogP contribution is -2.22. The SMILES string of the molecule is Cc1ccc(-n2c(Sc3ccc([N+](=O)[O-])c(C#N)n3)nnc2N2CCCC2)cc1. The second-order valence-corrected chi connectivity index (χ2v) is 7.62. The average molecular weight is 407 g/mol. The van der Waals surface area contributed by atoms with Crippen molar-refractivity contribution in [3.63, 3.8) is 0 Å². The van der Waals surface area contributed by atoms with Crippen LogP contribution in [0.1, 0.15) is 24.1 Å². The van der Waals surface area contributed by atoms with Gasteiger partial charge < -0.3 is 4.90 Å². The molecule has 1 aliphatic heterocycles. The normalized spacial score (nSPS) is 13.4. The van der Waals surface area contributed by atoms with Gasteiger partial charge in [0.2, 0.25) is 16.8 Å². The molecular formula is C19H17N7O2S. The number of rotatable bonds is 5. The van der Waals surface area contributed by atoms with Crippen molar-refractivity contribution in [2.24, 2.45) is 0 Å². The lowest BCUT2D eigenvalue weighted by atomic mass is 10.2. The van der Waals surface area contributed by atoms with Gasteiger partial charge in [0.25, 0.3) is 0 Å². The van der Waals surface area contributed by atoms with E-state index in [1.165, 1.54) is 23.9 Å². The fourth-order valence-electron chi connectivity index (χ4n) is 3.18. The summed E-state index contributed by atoms with van der Waals surface area (Å²) in [5.41, 5.74) is 1.54. The molecule has 3 heterocycles. The van der Waals surface area contributed by atoms with E-state index in [4.69, 9.17) is 0 Å². The van der Waals surface area contributed by atoms with Crippen molar-refractivity contribution in [2.45, 2.75) is 29.9 Å². The van der Waals surface area contributed by atoms with Gasteiger partial charge in [-0.25, -0.2) is 4.98 Å². The van der Waals surface area contributed by atoms with Gasteiger partial charge in [-0.2, -0.15) is 5.26 Å². The molecule has 29 heavy (non-hydrogen) atoms. The molecule has 0 atom stereocenters. The molecule has 0 saturated carbocycles. The minimum atomic E-state index is -0.611. The highest BCUT2D eigenvalue weighted by Gasteiger charge is 2.24. The van der Waals surface area contributed by atoms with Crippen LogP contribution in [0.2, 0.25) is 0 Å². The van der Waals surface area contributed by atoms with E-state index in [0.717, 1.165) is 43.1 Å². The lowest BCUT2D eigenvalue weighted by Gasteiger charge is -2.18. The third-order valence-corrected chi connectivity index (χ3v) is 5.53. The number of anilines is 1. The zero-order valence-corrected chi connectivity index (χ0v) is 16.5. The van der Waals surface area contributed by atoms with E-state index in [2.05, 4.69) is 20.1 Å². The molecular weight excluding hydrogens is 390 g/mol. The molecule has 1 aliphatic rings. The Bertz CT molecular complexity index is 1100. The van der Waals surface area contributed by atoms with Crippen LogP contribution in [0, 0.1) is 28.4 Å². The first-order chi connectivity index (χ1) is 14.1. The number of nitro groups is 1. The van der Waals surface area contributed by atoms with Crippen LogP contribution in [0.3, 0.4) is 0 Å². The molecule has 0 radical (unpaired) electrons. The molecule has 1 aromatic carbocycles. The van der Waals surface area contributed by atoms with Gasteiger partial charge in [-0.1, -0.05) is 17.7 Å². The molecule has 2 aromatic heterocycles. The summed E-state index contributed by atoms with van der Waals surface area (Å²) in [5.74, 6) is 0.760. The molecule has 0 spiro atoms. The Balaban J connectivity index is 1.75. The quantitative estimate of drug-likeness (QED) is 0.466. The van der Waals surface area contributed by atoms with Crippen molar-refractivity contribution >= 4 is 23.4 Å². The monoisotopic (exact) mass is 407 g/mol. The molecule has 0 amide bonds. The van der Waals surface area contributed by atoms with E-state index in [9.17, 15) is 15.4 Å². The van der Waals surface area contributed by atoms with E-state index in [1.54, 1.807) is 6.07 Å². The van der Waals surface area contributed by atoms with Crippen LogP contribution < -0.4 is 4.90 Å². The molecule has 3 aromatic rings. The second-order valence-electron chi connectivity index (χ2n) is 6.64. The molecule has 0 bridgehead atoms. The Morgan fingerprint density at radius 3 is 2.52 bits per heavy atom. The summed E-state index contributed by atoms with van der Waals surface area (Å²) in [6.07, 6.45) is 2.22. The number of aryl methyl sites for hydroxylation is 1. The molecule has 1 fully saturated rings. The molecule has 4 rings (SSSR count). The van der Waals surface area contributed by atoms with Crippen LogP contribution in [0.15, 0.2) is 46.6 Å². The van der Waals surface area contributed by atoms with Gasteiger partial charge in [0.15, 0.2) is 0 Å². The number of nitriles is 1. The van der Waals surface area contributed by atoms with Gasteiger partial charge in [0, 0.05) is 19.2 Å². The van der Waals surface area contributed by atoms with E-state index < -0.39 is 4.92 Å². The standard InChI is InChI=1S/C19H17N7O2S/c1-13-4-6-14(7-5-13)25-18(24-10-2-3-11-24)22-23-19(25)29-17-9-8-16(26(27)28)15(12-20)21-17/h4-9H,2-3,10-11H2,1H3. The maximum Gasteiger partial charge on any atom is 0.305 e. The van der Waals surface area contributed by atoms with Crippen molar-refractivity contribution in [3.05, 3.63) is 57.8 Å². The highest BCUT2D eigenvalue weighted by atomic mass is 32.2. The van der Waals surface area contributed by atoms with E-state index in [-0.39, 0.29) is 11.4 Å². The third kappa shape index (κ3) is 3.77. The lowest BCUT2D eigenvalue weighted by molar-refractivity contribution is -0.385. The Morgan fingerprint density at radius 1 is 1.14 bits per heavy atom. The van der Waals surface area contributed by atoms with Crippen molar-refractivity contribution < 1.29 is 4.92 Å². The zero-order chi connectivity index (χ0) is 20.4. The minimum Gasteiger partial charge on any atom is -0.341 e. The molecule has 0 unspecified atom stereocenters. The minimum absolute atomic E-state index is 0.221. The Hall–Kier alpha value is -3.45. The van der Waals surface area contributed by atoms with Crippen molar-refractivity contribution in [1.82, 2.24) is 19.7 Å². The van der Waals surface area contributed by atoms with E-state index in [1.807, 2.05) is 35.8 Å². The number of hydrogen-bond donors (Lipinski definition) is 0. The second kappa shape index (κ2) is 7.89. The largest absolute Gasteiger partial charge is 0.341 e. The molecule has 10 heteroatoms. The number of benzene rings is 1. The molecule has 0 aliphatic carbocycles. The van der Waals surface area contributed by atoms with Crippen LogP contribution in [-0.4, -0.2) is 37.8 Å². The fraction of sp³-hybridized carbons (Fsp3) is 0.263. The summed E-state index contributed by atoms with van der Waals surface area (Å²) in [7, 11) is 0. The van der Waals surface area contributed by atoms with Crippen LogP contribution in [-0.2, 0) is 0 Å². The zero-order valence-electron chi connectivity index (χ0n) is 15.6. The van der Waals surface area contributed by atoms with Crippen LogP contribution in [0.5, 0.6) is 0 Å². The van der Waals surface area contributed by atoms with Gasteiger partial charge in [0.05, 0.1) is 10.6 Å². The van der Waals surface area contributed by atoms with Gasteiger partial charge in [0.1, 0.15) is 11.1 Å². The third-order valence-electron chi connectivity index (χ3n) is 4.64. The first-order valence-electron chi connectivity index (χ1n) is 9.07. The summed E-state index contributed by atoms with van der Waals surface area (Å²) in [4.78, 5) is 16.8. The highest BCUT2D eigenvalue weighted by Crippen LogP contribution is 2.33. The number of hydrogen-bond acceptors (Lipinski definition) is 8. The van der Waals surface area contributed by atoms with Gasteiger partial charge >= 0.3 is 5.69 Å². The Morgan fingerprint density at radius 2 is 1.86 bits per heavy atom. The number of nitrogens with zero attached hydrogens (tertiary/aromatic N) is 7. The van der Waals surface area contributed by atoms with Crippen molar-refractivity contribution in [1.29, 1.82) is 5.26 Å². The van der Waals surface area contributed by atoms with E-state index in [0.29, 0.717) is 10.2 Å². The van der Waals surface area contributed by atoms with Crippen LogP contribution >= 0.6 is 11.8 Å². The first kappa shape index (κ1) is 18.9. The van der Waals surface area contributed by atoms with Gasteiger partial charge in [-0.15, -0.1) is 10.2 Å². The summed E-state index contributed by atoms with van der Waals surface area (Å²) in [6.45, 7) is 3.86. The fourth-order valence-corrected chi connectivity index (χ4v) is 4.00. The predicted octanol–water partition coefficient (Wildman–Crippen LogP) is 3.50. The smallest absolute Gasteiger partial charge is 0.305 e. The van der Waals surface area contributed by atoms with Crippen LogP contribution in [0.4, 0.5) is 11.6 Å². The van der Waals surface area contributed by atoms with Crippen LogP contribution in [0.25, 0.3) is 5.69 Å². The van der Waals surface area contributed by atoms with Gasteiger partial charge in [-0.3, -0.25) is 14.7 Å². The number of pyridine rings is 1. The van der Waals surface area contributed by atoms with Gasteiger partial charge in [-0.05, 0) is 49.7 Å². The molecule has 9 nitrogen and oxygen atoms in total. The topological polar surface area (TPSA) is 114 Å². The maximum absolute atomic E-state index is 11.0. The predicted molar refractivity (Wildman–Crippen MR) is 107 cm³/mol. The molecule has 146 valence electrons. The van der Waals surface area contributed by atoms with Crippen molar-refractivity contribution in [2.75, 3.05) is 18.0 Å². The summed E-state index contributed by atoms with van der Waals surface area (Å²) >= 11 is 1.22. The summed E-state index contributed by atoms with van der Waals surface area (Å²) in [6, 6.07) is 12.7. The maximum atomic E-state index is 11.0. The summed E-state index contributed by atoms with van der Waals surface area (Å²) < 4.78 is 1.96. The Labute approximate surface area is 171 Å². The molecule has 0 N–H and O–H groups in total. The van der Waals surface area contributed by atoms with Crippen molar-refractivity contribution in [3.8, 4) is 11.8 Å². The average Bonchev–Trinajstić information content (AvgIpc) is 3.38. The first-order valence-corrected chi connectivity index (χ1v) is 9.89. The molecule has 1 saturated heterocycles. The Kier molecular flexibility index (Phi) is 5.14. The highest BCUT2D eigenvalue weighted by molar-refractivity contribution is 7.99. The summed E-state index contributed by atoms with van der Waals surface area (Å²) in [5, 5.41) is 30.0. The number of aromatic nitrogens is 4. The van der Waals surface area contributed by atoms with E-state index >= 15 is 0 Å².